The van der Waals surface area contributed by atoms with Gasteiger partial charge in [-0.1, -0.05) is 46.4 Å². The molecule has 2 atom stereocenters. The summed E-state index contributed by atoms with van der Waals surface area (Å²) in [7, 11) is -2.40. The summed E-state index contributed by atoms with van der Waals surface area (Å²) < 4.78 is 34.7. The maximum absolute atomic E-state index is 12.5. The number of benzene rings is 2. The molecule has 6 saturated carbocycles. The van der Waals surface area contributed by atoms with E-state index in [0.29, 0.717) is 44.1 Å². The van der Waals surface area contributed by atoms with Gasteiger partial charge in [0.25, 0.3) is 0 Å². The van der Waals surface area contributed by atoms with E-state index in [9.17, 15) is 22.8 Å². The fraction of sp³-hybridized carbons (Fsp3) is 0.600. The number of nitrogens with two attached hydrogens (primary N) is 1. The fourth-order valence-electron chi connectivity index (χ4n) is 7.71. The van der Waals surface area contributed by atoms with Crippen LogP contribution in [0.1, 0.15) is 183 Å². The van der Waals surface area contributed by atoms with Gasteiger partial charge in [0.15, 0.2) is 11.6 Å². The fourth-order valence-corrected chi connectivity index (χ4v) is 9.02. The molecular formula is C50H76Cl4N2O6S2Ti-4. The molecule has 1 unspecified atom stereocenters. The number of ketones is 3. The normalized spacial score (nSPS) is 23.5. The van der Waals surface area contributed by atoms with Crippen molar-refractivity contribution in [2.24, 2.45) is 31.2 Å². The Morgan fingerprint density at radius 2 is 0.877 bits per heavy atom. The molecular weight excluding hydrogens is 978 g/mol. The Morgan fingerprint density at radius 3 is 1.11 bits per heavy atom. The number of hydrogen-bond acceptors (Lipinski definition) is 6. The summed E-state index contributed by atoms with van der Waals surface area (Å²) in [4.78, 5) is 36.2. The average Bonchev–Trinajstić information content (AvgIpc) is 3.14. The number of Topliss-reactive ketones (excluding diaryl/α,β-unsaturated/α-hetero) is 3. The van der Waals surface area contributed by atoms with Crippen molar-refractivity contribution in [3.8, 4) is 0 Å². The van der Waals surface area contributed by atoms with Crippen LogP contribution in [-0.4, -0.2) is 41.0 Å². The van der Waals surface area contributed by atoms with Gasteiger partial charge in [-0.3, -0.25) is 19.5 Å². The second-order valence-electron chi connectivity index (χ2n) is 19.4. The Morgan fingerprint density at radius 1 is 0.600 bits per heavy atom. The van der Waals surface area contributed by atoms with Gasteiger partial charge in [-0.25, -0.2) is 8.42 Å². The summed E-state index contributed by atoms with van der Waals surface area (Å²) in [5.41, 5.74) is 2.35. The molecule has 2 N–H and O–H groups in total. The van der Waals surface area contributed by atoms with Crippen molar-refractivity contribution in [1.29, 1.82) is 0 Å². The predicted octanol–water partition coefficient (Wildman–Crippen LogP) is 15.2. The molecule has 0 aliphatic heterocycles. The molecule has 0 heterocycles. The van der Waals surface area contributed by atoms with E-state index in [1.54, 1.807) is 43.3 Å². The number of rotatable bonds is 9. The van der Waals surface area contributed by atoms with Crippen LogP contribution in [0.3, 0.4) is 0 Å². The van der Waals surface area contributed by atoms with Crippen LogP contribution in [0.5, 0.6) is 0 Å². The molecule has 2 aromatic rings. The molecule has 0 amide bonds. The van der Waals surface area contributed by atoms with Gasteiger partial charge >= 0.3 is 23.7 Å². The Balaban J connectivity index is 0. The van der Waals surface area contributed by atoms with Crippen LogP contribution in [0.15, 0.2) is 40.8 Å². The second-order valence-corrected chi connectivity index (χ2v) is 24.7. The Bertz CT molecular complexity index is 1880. The third-order valence-electron chi connectivity index (χ3n) is 10.7. The van der Waals surface area contributed by atoms with Crippen LogP contribution < -0.4 is 5.14 Å². The van der Waals surface area contributed by atoms with Crippen LogP contribution in [0.25, 0.3) is 0 Å². The average molecular weight is 1050 g/mol. The predicted molar refractivity (Wildman–Crippen MR) is 275 cm³/mol. The molecule has 8 nitrogen and oxygen atoms in total. The zero-order valence-corrected chi connectivity index (χ0v) is 48.0. The molecule has 0 spiro atoms. The number of carbonyl (C=O) groups is 3. The summed E-state index contributed by atoms with van der Waals surface area (Å²) in [6.07, 6.45) is 14.6. The number of hydrogen-bond donors (Lipinski definition) is 1. The van der Waals surface area contributed by atoms with E-state index in [0.717, 1.165) is 64.6 Å². The summed E-state index contributed by atoms with van der Waals surface area (Å²) in [5.74, 6) is 0.478. The molecule has 65 heavy (non-hydrogen) atoms. The first-order valence-electron chi connectivity index (χ1n) is 21.7. The van der Waals surface area contributed by atoms with Gasteiger partial charge in [0.1, 0.15) is 16.8 Å². The van der Waals surface area contributed by atoms with Crippen molar-refractivity contribution in [2.75, 3.05) is 0 Å². The van der Waals surface area contributed by atoms with Gasteiger partial charge in [0.2, 0.25) is 0 Å². The Labute approximate surface area is 430 Å². The minimum absolute atomic E-state index is 0.0683. The molecule has 0 saturated heterocycles. The third kappa shape index (κ3) is 20.5. The minimum atomic E-state index is -1.22. The molecule has 370 valence electrons. The van der Waals surface area contributed by atoms with Crippen molar-refractivity contribution in [1.82, 2.24) is 0 Å². The van der Waals surface area contributed by atoms with Crippen LogP contribution in [0.4, 0.5) is 0 Å². The van der Waals surface area contributed by atoms with E-state index >= 15 is 0 Å². The van der Waals surface area contributed by atoms with Crippen LogP contribution in [-0.2, 0) is 50.5 Å². The summed E-state index contributed by atoms with van der Waals surface area (Å²) >= 11 is 24.4. The summed E-state index contributed by atoms with van der Waals surface area (Å²) in [6, 6.07) is 10.0. The maximum atomic E-state index is 12.5. The first-order chi connectivity index (χ1) is 29.9. The number of halogens is 4. The molecule has 4 bridgehead atoms. The molecule has 6 fully saturated rings. The zero-order valence-electron chi connectivity index (χ0n) is 41.7. The molecule has 6 aliphatic carbocycles. The SMILES string of the molecule is CC(=NS(=O)C(C)(C)C)C12CC(CC(=O)c3ccc(Cl)c(Cl)c3)(C1)C2.CC(=O)C12CC(CC(=O)c3ccc(Cl)c(Cl)c3)(C1)C2.CC(C)(C)[S@@](N)=O.C[CH-]C.C[CH-]C.C[CH-]C.C[CH-]C.[O]=[Ti]. The van der Waals surface area contributed by atoms with Gasteiger partial charge in [-0.05, 0) is 141 Å². The molecule has 0 aromatic heterocycles. The standard InChI is InChI=1S/C19H23Cl2NO2S.C15H14Cl2O2.C4H11NOS.4C3H7.O.Ti/c1-12(22-25(24)17(2,3)4)19-9-18(10-19,11-19)8-16(23)13-5-6-14(20)15(21)7-13;1-9(18)15-6-14(7-15,8-15)5-13(19)10-2-3-11(16)12(17)4-10;1-4(2,3)7(5)6;4*1-3-2;;/h5-7H,8-11H2,1-4H3;2-4H,5-8H2,1H3;5H2,1-3H3;4*3H,1-2H3;;/q;;;4*-1;;/t;;7-;;;;;;/m..0....../s1. The van der Waals surface area contributed by atoms with E-state index in [1.807, 2.05) is 130 Å². The first kappa shape index (κ1) is 66.1. The topological polar surface area (TPSA) is 141 Å². The van der Waals surface area contributed by atoms with E-state index < -0.39 is 22.0 Å². The quantitative estimate of drug-likeness (QED) is 0.115. The molecule has 15 heteroatoms. The van der Waals surface area contributed by atoms with Gasteiger partial charge in [-0.15, -0.1) is 0 Å². The van der Waals surface area contributed by atoms with E-state index in [-0.39, 0.29) is 48.5 Å². The van der Waals surface area contributed by atoms with Crippen molar-refractivity contribution >= 4 is 91.4 Å². The van der Waals surface area contributed by atoms with Crippen LogP contribution in [0, 0.1) is 47.3 Å². The van der Waals surface area contributed by atoms with Crippen LogP contribution >= 0.6 is 46.4 Å². The van der Waals surface area contributed by atoms with Gasteiger partial charge in [0.05, 0.1) is 40.6 Å². The summed E-state index contributed by atoms with van der Waals surface area (Å²) in [5, 5.41) is 6.78. The van der Waals surface area contributed by atoms with Crippen molar-refractivity contribution in [3.05, 3.63) is 93.3 Å². The van der Waals surface area contributed by atoms with Crippen molar-refractivity contribution in [3.63, 3.8) is 0 Å². The number of carbonyl (C=O) groups excluding carboxylic acids is 3. The third-order valence-corrected chi connectivity index (χ3v) is 14.9. The van der Waals surface area contributed by atoms with Crippen LogP contribution in [0.2, 0.25) is 20.1 Å². The number of nitrogens with zero attached hydrogens (tertiary/aromatic N) is 1. The van der Waals surface area contributed by atoms with Gasteiger partial charge in [0, 0.05) is 40.5 Å². The van der Waals surface area contributed by atoms with E-state index in [4.69, 9.17) is 54.9 Å². The zero-order chi connectivity index (χ0) is 51.4. The summed E-state index contributed by atoms with van der Waals surface area (Å²) in [6.45, 7) is 30.9. The first-order valence-corrected chi connectivity index (χ1v) is 26.2. The molecule has 0 radical (unpaired) electrons. The Hall–Kier alpha value is -0.946. The Kier molecular flexibility index (Phi) is 30.5. The van der Waals surface area contributed by atoms with E-state index in [2.05, 4.69) is 4.40 Å². The molecule has 2 aromatic carbocycles. The van der Waals surface area contributed by atoms with E-state index in [1.165, 1.54) is 0 Å². The van der Waals surface area contributed by atoms with Crippen molar-refractivity contribution < 1.29 is 46.5 Å². The monoisotopic (exact) mass is 1050 g/mol. The van der Waals surface area contributed by atoms with Crippen molar-refractivity contribution in [2.45, 2.75) is 172 Å². The van der Waals surface area contributed by atoms with Gasteiger partial charge < -0.3 is 25.7 Å². The molecule has 6 aliphatic rings. The molecule has 8 rings (SSSR count). The second kappa shape index (κ2) is 29.9. The van der Waals surface area contributed by atoms with Gasteiger partial charge in [-0.2, -0.15) is 59.8 Å².